The monoisotopic (exact) mass is 316 g/mol. The van der Waals surface area contributed by atoms with Gasteiger partial charge in [0.2, 0.25) is 0 Å². The number of pyridine rings is 1. The highest BCUT2D eigenvalue weighted by Gasteiger charge is 2.11. The van der Waals surface area contributed by atoms with E-state index in [4.69, 9.17) is 11.0 Å². The van der Waals surface area contributed by atoms with Gasteiger partial charge in [0.15, 0.2) is 5.82 Å². The number of hydrogen-bond acceptors (Lipinski definition) is 4. The molecule has 0 unspecified atom stereocenters. The number of nitrogens with zero attached hydrogens (tertiary/aromatic N) is 3. The van der Waals surface area contributed by atoms with Gasteiger partial charge in [0.05, 0.1) is 11.3 Å². The van der Waals surface area contributed by atoms with Crippen LogP contribution in [0.1, 0.15) is 11.1 Å². The summed E-state index contributed by atoms with van der Waals surface area (Å²) < 4.78 is 1.04. The minimum Gasteiger partial charge on any atom is -0.395 e. The van der Waals surface area contributed by atoms with Crippen molar-refractivity contribution in [2.24, 2.45) is 0 Å². The molecular weight excluding hydrogens is 304 g/mol. The molecule has 0 aliphatic carbocycles. The lowest BCUT2D eigenvalue weighted by Gasteiger charge is -2.20. The average molecular weight is 317 g/mol. The number of nitrogens with two attached hydrogens (primary N) is 1. The van der Waals surface area contributed by atoms with Crippen LogP contribution >= 0.6 is 15.9 Å². The lowest BCUT2D eigenvalue weighted by Crippen LogP contribution is -2.19. The van der Waals surface area contributed by atoms with Crippen molar-refractivity contribution in [1.29, 1.82) is 5.26 Å². The maximum atomic E-state index is 8.97. The number of hydrogen-bond donors (Lipinski definition) is 1. The molecule has 0 fully saturated rings. The van der Waals surface area contributed by atoms with Crippen molar-refractivity contribution in [3.63, 3.8) is 0 Å². The maximum Gasteiger partial charge on any atom is 0.153 e. The number of nitriles is 1. The molecule has 0 saturated heterocycles. The predicted octanol–water partition coefficient (Wildman–Crippen LogP) is 2.93. The van der Waals surface area contributed by atoms with Crippen LogP contribution < -0.4 is 10.6 Å². The molecule has 19 heavy (non-hydrogen) atoms. The highest BCUT2D eigenvalue weighted by Crippen LogP contribution is 2.25. The van der Waals surface area contributed by atoms with E-state index in [9.17, 15) is 0 Å². The number of anilines is 2. The number of nitrogen functional groups attached to an aromatic ring is 1. The van der Waals surface area contributed by atoms with E-state index < -0.39 is 0 Å². The van der Waals surface area contributed by atoms with Gasteiger partial charge in [0.25, 0.3) is 0 Å². The van der Waals surface area contributed by atoms with Crippen LogP contribution in [0.2, 0.25) is 0 Å². The second-order valence-electron chi connectivity index (χ2n) is 4.16. The summed E-state index contributed by atoms with van der Waals surface area (Å²) in [6, 6.07) is 11.7. The molecule has 5 heteroatoms. The minimum absolute atomic E-state index is 0.416. The molecule has 0 bridgehead atoms. The topological polar surface area (TPSA) is 65.9 Å². The van der Waals surface area contributed by atoms with Gasteiger partial charge in [-0.1, -0.05) is 34.1 Å². The fourth-order valence-electron chi connectivity index (χ4n) is 1.82. The SMILES string of the molecule is CN(Cc1ccccc1Br)c1nccc(C#N)c1N. The van der Waals surface area contributed by atoms with Crippen molar-refractivity contribution in [3.05, 3.63) is 52.1 Å². The van der Waals surface area contributed by atoms with Crippen LogP contribution in [0, 0.1) is 11.3 Å². The third-order valence-corrected chi connectivity index (χ3v) is 3.59. The van der Waals surface area contributed by atoms with Crippen LogP contribution in [0.4, 0.5) is 11.5 Å². The number of rotatable bonds is 3. The van der Waals surface area contributed by atoms with Crippen LogP contribution in [0.25, 0.3) is 0 Å². The first-order valence-electron chi connectivity index (χ1n) is 5.72. The third-order valence-electron chi connectivity index (χ3n) is 2.82. The van der Waals surface area contributed by atoms with Crippen molar-refractivity contribution in [1.82, 2.24) is 4.98 Å². The second kappa shape index (κ2) is 5.72. The van der Waals surface area contributed by atoms with E-state index in [-0.39, 0.29) is 0 Å². The van der Waals surface area contributed by atoms with Crippen molar-refractivity contribution in [3.8, 4) is 6.07 Å². The number of aromatic nitrogens is 1. The average Bonchev–Trinajstić information content (AvgIpc) is 2.41. The Morgan fingerprint density at radius 2 is 2.11 bits per heavy atom. The molecule has 4 nitrogen and oxygen atoms in total. The van der Waals surface area contributed by atoms with Crippen LogP contribution in [-0.2, 0) is 6.54 Å². The van der Waals surface area contributed by atoms with Crippen LogP contribution in [0.5, 0.6) is 0 Å². The van der Waals surface area contributed by atoms with Crippen molar-refractivity contribution in [2.75, 3.05) is 17.7 Å². The summed E-state index contributed by atoms with van der Waals surface area (Å²) in [5.41, 5.74) is 7.95. The minimum atomic E-state index is 0.416. The molecule has 2 rings (SSSR count). The van der Waals surface area contributed by atoms with E-state index in [0.29, 0.717) is 23.6 Å². The highest BCUT2D eigenvalue weighted by molar-refractivity contribution is 9.10. The number of halogens is 1. The van der Waals surface area contributed by atoms with Gasteiger partial charge in [-0.05, 0) is 17.7 Å². The van der Waals surface area contributed by atoms with E-state index in [0.717, 1.165) is 10.0 Å². The van der Waals surface area contributed by atoms with E-state index in [2.05, 4.69) is 27.0 Å². The smallest absolute Gasteiger partial charge is 0.153 e. The second-order valence-corrected chi connectivity index (χ2v) is 5.01. The fraction of sp³-hybridized carbons (Fsp3) is 0.143. The molecule has 2 N–H and O–H groups in total. The first-order valence-corrected chi connectivity index (χ1v) is 6.52. The first-order chi connectivity index (χ1) is 9.13. The lowest BCUT2D eigenvalue weighted by molar-refractivity contribution is 0.896. The van der Waals surface area contributed by atoms with E-state index >= 15 is 0 Å². The summed E-state index contributed by atoms with van der Waals surface area (Å²) in [5.74, 6) is 0.620. The lowest BCUT2D eigenvalue weighted by atomic mass is 10.2. The van der Waals surface area contributed by atoms with Crippen LogP contribution in [0.15, 0.2) is 41.0 Å². The summed E-state index contributed by atoms with van der Waals surface area (Å²) in [6.45, 7) is 0.660. The molecule has 0 saturated carbocycles. The predicted molar refractivity (Wildman–Crippen MR) is 79.6 cm³/mol. The molecule has 0 radical (unpaired) electrons. The maximum absolute atomic E-state index is 8.97. The third kappa shape index (κ3) is 2.85. The Labute approximate surface area is 120 Å². The van der Waals surface area contributed by atoms with E-state index in [1.165, 1.54) is 0 Å². The summed E-state index contributed by atoms with van der Waals surface area (Å²) in [6.07, 6.45) is 1.60. The van der Waals surface area contributed by atoms with Crippen molar-refractivity contribution < 1.29 is 0 Å². The van der Waals surface area contributed by atoms with E-state index in [1.807, 2.05) is 36.2 Å². The Bertz CT molecular complexity index is 634. The molecule has 0 atom stereocenters. The zero-order valence-corrected chi connectivity index (χ0v) is 12.1. The Kier molecular flexibility index (Phi) is 4.03. The first kappa shape index (κ1) is 13.4. The zero-order chi connectivity index (χ0) is 13.8. The van der Waals surface area contributed by atoms with Crippen LogP contribution in [0.3, 0.4) is 0 Å². The Morgan fingerprint density at radius 3 is 2.79 bits per heavy atom. The van der Waals surface area contributed by atoms with Gasteiger partial charge in [0, 0.05) is 24.3 Å². The quantitative estimate of drug-likeness (QED) is 0.945. The Balaban J connectivity index is 2.29. The highest BCUT2D eigenvalue weighted by atomic mass is 79.9. The van der Waals surface area contributed by atoms with Crippen LogP contribution in [-0.4, -0.2) is 12.0 Å². The van der Waals surface area contributed by atoms with Gasteiger partial charge < -0.3 is 10.6 Å². The molecule has 2 aromatic rings. The molecule has 1 aromatic heterocycles. The Morgan fingerprint density at radius 1 is 1.37 bits per heavy atom. The normalized spacial score (nSPS) is 9.95. The van der Waals surface area contributed by atoms with Crippen molar-refractivity contribution >= 4 is 27.4 Å². The van der Waals surface area contributed by atoms with Gasteiger partial charge in [-0.15, -0.1) is 0 Å². The summed E-state index contributed by atoms with van der Waals surface area (Å²) in [5, 5.41) is 8.97. The van der Waals surface area contributed by atoms with Gasteiger partial charge in [0.1, 0.15) is 6.07 Å². The molecular formula is C14H13BrN4. The molecule has 0 amide bonds. The molecule has 1 aromatic carbocycles. The van der Waals surface area contributed by atoms with E-state index in [1.54, 1.807) is 12.3 Å². The standard InChI is InChI=1S/C14H13BrN4/c1-19(9-11-4-2-3-5-12(11)15)14-13(17)10(8-16)6-7-18-14/h2-7H,9,17H2,1H3. The summed E-state index contributed by atoms with van der Waals surface area (Å²) in [7, 11) is 1.90. The van der Waals surface area contributed by atoms with Gasteiger partial charge in [-0.3, -0.25) is 0 Å². The van der Waals surface area contributed by atoms with Crippen molar-refractivity contribution in [2.45, 2.75) is 6.54 Å². The summed E-state index contributed by atoms with van der Waals surface area (Å²) in [4.78, 5) is 6.17. The Hall–Kier alpha value is -2.06. The largest absolute Gasteiger partial charge is 0.395 e. The molecule has 96 valence electrons. The number of benzene rings is 1. The zero-order valence-electron chi connectivity index (χ0n) is 10.5. The fourth-order valence-corrected chi connectivity index (χ4v) is 2.23. The molecule has 0 aliphatic heterocycles. The van der Waals surface area contributed by atoms with Gasteiger partial charge in [-0.25, -0.2) is 4.98 Å². The summed E-state index contributed by atoms with van der Waals surface area (Å²) >= 11 is 3.51. The molecule has 1 heterocycles. The molecule has 0 spiro atoms. The van der Waals surface area contributed by atoms with Gasteiger partial charge >= 0.3 is 0 Å². The van der Waals surface area contributed by atoms with Gasteiger partial charge in [-0.2, -0.15) is 5.26 Å². The molecule has 0 aliphatic rings.